The van der Waals surface area contributed by atoms with E-state index in [2.05, 4.69) is 9.97 Å². The van der Waals surface area contributed by atoms with Crippen molar-refractivity contribution in [2.45, 2.75) is 24.4 Å². The van der Waals surface area contributed by atoms with Crippen LogP contribution in [0.5, 0.6) is 0 Å². The van der Waals surface area contributed by atoms with Gasteiger partial charge in [0.2, 0.25) is 0 Å². The van der Waals surface area contributed by atoms with E-state index in [1.54, 1.807) is 13.8 Å². The third kappa shape index (κ3) is 2.41. The summed E-state index contributed by atoms with van der Waals surface area (Å²) in [6.45, 7) is 3.14. The van der Waals surface area contributed by atoms with Crippen molar-refractivity contribution in [3.63, 3.8) is 0 Å². The van der Waals surface area contributed by atoms with Crippen molar-refractivity contribution < 1.29 is 9.90 Å². The maximum absolute atomic E-state index is 11.0. The lowest BCUT2D eigenvalue weighted by atomic mass is 9.87. The third-order valence-electron chi connectivity index (χ3n) is 2.11. The lowest BCUT2D eigenvalue weighted by molar-refractivity contribution is -0.142. The maximum atomic E-state index is 11.0. The number of carboxylic acids is 1. The van der Waals surface area contributed by atoms with Crippen molar-refractivity contribution >= 4 is 29.3 Å². The number of carboxylic acid groups (broad SMARTS) is 1. The van der Waals surface area contributed by atoms with E-state index in [4.69, 9.17) is 16.7 Å². The van der Waals surface area contributed by atoms with Crippen LogP contribution in [-0.2, 0) is 10.2 Å². The molecule has 0 aliphatic rings. The average molecular weight is 247 g/mol. The van der Waals surface area contributed by atoms with Crippen LogP contribution >= 0.6 is 23.4 Å². The number of rotatable bonds is 3. The molecular formula is C9H11ClN2O2S. The molecule has 0 bridgehead atoms. The van der Waals surface area contributed by atoms with Crippen LogP contribution < -0.4 is 0 Å². The summed E-state index contributed by atoms with van der Waals surface area (Å²) in [5.74, 6) is -0.954. The summed E-state index contributed by atoms with van der Waals surface area (Å²) in [6, 6.07) is 0. The van der Waals surface area contributed by atoms with Crippen LogP contribution in [-0.4, -0.2) is 27.3 Å². The highest BCUT2D eigenvalue weighted by Gasteiger charge is 2.32. The number of nitrogens with zero attached hydrogens (tertiary/aromatic N) is 2. The predicted molar refractivity (Wildman–Crippen MR) is 59.5 cm³/mol. The Kier molecular flexibility index (Phi) is 3.57. The Morgan fingerprint density at radius 2 is 2.20 bits per heavy atom. The fourth-order valence-electron chi connectivity index (χ4n) is 0.979. The molecule has 0 aliphatic heterocycles. The molecule has 1 N–H and O–H groups in total. The molecule has 0 saturated carbocycles. The van der Waals surface area contributed by atoms with E-state index in [1.165, 1.54) is 18.0 Å². The highest BCUT2D eigenvalue weighted by atomic mass is 35.5. The molecule has 0 radical (unpaired) electrons. The molecule has 4 nitrogen and oxygen atoms in total. The highest BCUT2D eigenvalue weighted by Crippen LogP contribution is 2.29. The molecule has 0 saturated heterocycles. The molecule has 0 fully saturated rings. The predicted octanol–water partition coefficient (Wildman–Crippen LogP) is 2.21. The van der Waals surface area contributed by atoms with E-state index < -0.39 is 11.4 Å². The summed E-state index contributed by atoms with van der Waals surface area (Å²) in [6.07, 6.45) is 3.29. The van der Waals surface area contributed by atoms with E-state index in [1.807, 2.05) is 6.26 Å². The van der Waals surface area contributed by atoms with Crippen molar-refractivity contribution in [3.8, 4) is 0 Å². The standard InChI is InChI=1S/C9H11ClN2O2S/c1-9(2,7(13)14)5-4-11-8(15-3)12-6(5)10/h4H,1-3H3,(H,13,14). The first-order valence-electron chi connectivity index (χ1n) is 4.20. The van der Waals surface area contributed by atoms with Gasteiger partial charge in [-0.2, -0.15) is 0 Å². The zero-order valence-electron chi connectivity index (χ0n) is 8.61. The van der Waals surface area contributed by atoms with Crippen molar-refractivity contribution in [1.82, 2.24) is 9.97 Å². The van der Waals surface area contributed by atoms with Gasteiger partial charge in [0.15, 0.2) is 5.16 Å². The molecule has 0 amide bonds. The minimum atomic E-state index is -1.08. The molecule has 0 unspecified atom stereocenters. The van der Waals surface area contributed by atoms with Gasteiger partial charge in [-0.1, -0.05) is 23.4 Å². The minimum absolute atomic E-state index is 0.196. The van der Waals surface area contributed by atoms with Crippen LogP contribution in [0.4, 0.5) is 0 Å². The summed E-state index contributed by atoms with van der Waals surface area (Å²) in [4.78, 5) is 19.0. The molecule has 0 aromatic carbocycles. The lowest BCUT2D eigenvalue weighted by Gasteiger charge is -2.19. The molecule has 1 aromatic rings. The molecule has 6 heteroatoms. The van der Waals surface area contributed by atoms with Gasteiger partial charge in [0.1, 0.15) is 5.15 Å². The monoisotopic (exact) mass is 246 g/mol. The maximum Gasteiger partial charge on any atom is 0.313 e. The quantitative estimate of drug-likeness (QED) is 0.503. The van der Waals surface area contributed by atoms with Crippen molar-refractivity contribution in [2.75, 3.05) is 6.26 Å². The number of hydrogen-bond acceptors (Lipinski definition) is 4. The lowest BCUT2D eigenvalue weighted by Crippen LogP contribution is -2.29. The Morgan fingerprint density at radius 3 is 2.60 bits per heavy atom. The van der Waals surface area contributed by atoms with Gasteiger partial charge >= 0.3 is 5.97 Å². The molecule has 15 heavy (non-hydrogen) atoms. The largest absolute Gasteiger partial charge is 0.481 e. The van der Waals surface area contributed by atoms with E-state index in [0.29, 0.717) is 10.7 Å². The highest BCUT2D eigenvalue weighted by molar-refractivity contribution is 7.98. The Hall–Kier alpha value is -0.810. The molecular weight excluding hydrogens is 236 g/mol. The van der Waals surface area contributed by atoms with E-state index in [-0.39, 0.29) is 5.15 Å². The van der Waals surface area contributed by atoms with Gasteiger partial charge in [-0.25, -0.2) is 9.97 Å². The van der Waals surface area contributed by atoms with E-state index >= 15 is 0 Å². The molecule has 0 aliphatic carbocycles. The number of aromatic nitrogens is 2. The number of carbonyl (C=O) groups is 1. The molecule has 1 rings (SSSR count). The smallest absolute Gasteiger partial charge is 0.313 e. The first-order chi connectivity index (χ1) is 6.89. The molecule has 1 heterocycles. The Morgan fingerprint density at radius 1 is 1.60 bits per heavy atom. The summed E-state index contributed by atoms with van der Waals surface area (Å²) >= 11 is 7.27. The molecule has 1 aromatic heterocycles. The van der Waals surface area contributed by atoms with Gasteiger partial charge in [-0.3, -0.25) is 4.79 Å². The second-order valence-corrected chi connectivity index (χ2v) is 4.62. The first kappa shape index (κ1) is 12.3. The van der Waals surface area contributed by atoms with Gasteiger partial charge in [0.25, 0.3) is 0 Å². The van der Waals surface area contributed by atoms with Crippen LogP contribution in [0.2, 0.25) is 5.15 Å². The Bertz CT molecular complexity index is 396. The van der Waals surface area contributed by atoms with Crippen molar-refractivity contribution in [2.24, 2.45) is 0 Å². The topological polar surface area (TPSA) is 63.1 Å². The number of hydrogen-bond donors (Lipinski definition) is 1. The SMILES string of the molecule is CSc1ncc(C(C)(C)C(=O)O)c(Cl)n1. The molecule has 0 spiro atoms. The zero-order valence-corrected chi connectivity index (χ0v) is 10.2. The number of aliphatic carboxylic acids is 1. The summed E-state index contributed by atoms with van der Waals surface area (Å²) in [5, 5.41) is 9.75. The second kappa shape index (κ2) is 4.37. The Balaban J connectivity index is 3.22. The number of halogens is 1. The minimum Gasteiger partial charge on any atom is -0.481 e. The average Bonchev–Trinajstić information content (AvgIpc) is 2.16. The normalized spacial score (nSPS) is 11.5. The molecule has 0 atom stereocenters. The number of thioether (sulfide) groups is 1. The van der Waals surface area contributed by atoms with Crippen LogP contribution in [0.25, 0.3) is 0 Å². The second-order valence-electron chi connectivity index (χ2n) is 3.49. The van der Waals surface area contributed by atoms with Gasteiger partial charge in [-0.05, 0) is 20.1 Å². The van der Waals surface area contributed by atoms with Crippen LogP contribution in [0.1, 0.15) is 19.4 Å². The van der Waals surface area contributed by atoms with Gasteiger partial charge in [0, 0.05) is 11.8 Å². The summed E-state index contributed by atoms with van der Waals surface area (Å²) in [5.41, 5.74) is -0.650. The summed E-state index contributed by atoms with van der Waals surface area (Å²) in [7, 11) is 0. The van der Waals surface area contributed by atoms with Gasteiger partial charge in [0.05, 0.1) is 5.41 Å². The van der Waals surface area contributed by atoms with Crippen LogP contribution in [0, 0.1) is 0 Å². The summed E-state index contributed by atoms with van der Waals surface area (Å²) < 4.78 is 0. The van der Waals surface area contributed by atoms with Crippen LogP contribution in [0.15, 0.2) is 11.4 Å². The third-order valence-corrected chi connectivity index (χ3v) is 2.96. The zero-order chi connectivity index (χ0) is 11.6. The van der Waals surface area contributed by atoms with E-state index in [9.17, 15) is 4.79 Å². The molecule has 82 valence electrons. The van der Waals surface area contributed by atoms with Crippen LogP contribution in [0.3, 0.4) is 0 Å². The fourth-order valence-corrected chi connectivity index (χ4v) is 1.73. The van der Waals surface area contributed by atoms with Crippen molar-refractivity contribution in [1.29, 1.82) is 0 Å². The van der Waals surface area contributed by atoms with E-state index in [0.717, 1.165) is 0 Å². The van der Waals surface area contributed by atoms with Gasteiger partial charge in [-0.15, -0.1) is 0 Å². The Labute approximate surface area is 97.1 Å². The van der Waals surface area contributed by atoms with Crippen molar-refractivity contribution in [3.05, 3.63) is 16.9 Å². The fraction of sp³-hybridized carbons (Fsp3) is 0.444. The van der Waals surface area contributed by atoms with Gasteiger partial charge < -0.3 is 5.11 Å². The first-order valence-corrected chi connectivity index (χ1v) is 5.80.